The van der Waals surface area contributed by atoms with Crippen LogP contribution in [0.25, 0.3) is 0 Å². The molecule has 1 atom stereocenters. The molecule has 2 aromatic carbocycles. The van der Waals surface area contributed by atoms with E-state index >= 15 is 0 Å². The van der Waals surface area contributed by atoms with Crippen molar-refractivity contribution in [3.63, 3.8) is 0 Å². The number of rotatable bonds is 8. The topological polar surface area (TPSA) is 61.4 Å². The molecular weight excluding hydrogens is 421 g/mol. The van der Waals surface area contributed by atoms with Gasteiger partial charge < -0.3 is 10.6 Å². The highest BCUT2D eigenvalue weighted by molar-refractivity contribution is 6.31. The quantitative estimate of drug-likeness (QED) is 0.580. The number of halogens is 2. The highest BCUT2D eigenvalue weighted by Crippen LogP contribution is 2.45. The van der Waals surface area contributed by atoms with Crippen molar-refractivity contribution in [2.45, 2.75) is 45.2 Å². The first-order valence-electron chi connectivity index (χ1n) is 10.1. The van der Waals surface area contributed by atoms with E-state index < -0.39 is 5.54 Å². The molecule has 1 aliphatic heterocycles. The van der Waals surface area contributed by atoms with Crippen LogP contribution < -0.4 is 10.6 Å². The lowest BCUT2D eigenvalue weighted by Gasteiger charge is -2.43. The van der Waals surface area contributed by atoms with Crippen LogP contribution in [0.5, 0.6) is 0 Å². The van der Waals surface area contributed by atoms with E-state index in [4.69, 9.17) is 23.2 Å². The van der Waals surface area contributed by atoms with Crippen molar-refractivity contribution < 1.29 is 9.59 Å². The van der Waals surface area contributed by atoms with Gasteiger partial charge in [0, 0.05) is 53.8 Å². The average molecular weight is 448 g/mol. The first-order chi connectivity index (χ1) is 14.2. The summed E-state index contributed by atoms with van der Waals surface area (Å²) < 4.78 is 0. The molecule has 160 valence electrons. The summed E-state index contributed by atoms with van der Waals surface area (Å²) in [5, 5.41) is 7.09. The van der Waals surface area contributed by atoms with Crippen LogP contribution in [0.2, 0.25) is 10.0 Å². The summed E-state index contributed by atoms with van der Waals surface area (Å²) in [7, 11) is 0. The Balaban J connectivity index is 2.05. The fourth-order valence-corrected chi connectivity index (χ4v) is 4.62. The molecule has 5 nitrogen and oxygen atoms in total. The second kappa shape index (κ2) is 9.38. The number of anilines is 1. The molecule has 1 unspecified atom stereocenters. The Morgan fingerprint density at radius 3 is 2.57 bits per heavy atom. The van der Waals surface area contributed by atoms with E-state index in [0.29, 0.717) is 29.6 Å². The van der Waals surface area contributed by atoms with Crippen molar-refractivity contribution in [3.05, 3.63) is 63.6 Å². The van der Waals surface area contributed by atoms with Crippen molar-refractivity contribution >= 4 is 40.7 Å². The Hall–Kier alpha value is -2.08. The Labute approximate surface area is 187 Å². The number of hydrogen-bond acceptors (Lipinski definition) is 3. The monoisotopic (exact) mass is 447 g/mol. The van der Waals surface area contributed by atoms with E-state index in [1.54, 1.807) is 6.07 Å². The molecule has 2 aromatic rings. The van der Waals surface area contributed by atoms with Crippen molar-refractivity contribution in [1.82, 2.24) is 10.2 Å². The fourth-order valence-electron chi connectivity index (χ4n) is 4.24. The first-order valence-corrected chi connectivity index (χ1v) is 10.9. The standard InChI is InChI=1S/C23H27Cl2N3O2/c1-15(2)28(11-5-10-26-16(3)29)23(14-17-6-4-7-18(24)12-17)20-9-8-19(25)13-21(20)27-22(23)30/h4,6-9,12-13,15H,5,10-11,14H2,1-3H3,(H,26,29)(H,27,30). The number of amides is 2. The van der Waals surface area contributed by atoms with E-state index in [2.05, 4.69) is 29.4 Å². The molecular formula is C23H27Cl2N3O2. The molecule has 1 aliphatic rings. The smallest absolute Gasteiger partial charge is 0.249 e. The van der Waals surface area contributed by atoms with Gasteiger partial charge in [-0.1, -0.05) is 41.4 Å². The number of hydrogen-bond donors (Lipinski definition) is 2. The predicted molar refractivity (Wildman–Crippen MR) is 122 cm³/mol. The van der Waals surface area contributed by atoms with E-state index in [-0.39, 0.29) is 17.9 Å². The molecule has 0 bridgehead atoms. The van der Waals surface area contributed by atoms with Crippen LogP contribution in [0, 0.1) is 0 Å². The molecule has 0 fully saturated rings. The number of fused-ring (bicyclic) bond motifs is 1. The number of nitrogens with zero attached hydrogens (tertiary/aromatic N) is 1. The zero-order chi connectivity index (χ0) is 21.9. The van der Waals surface area contributed by atoms with Crippen molar-refractivity contribution in [2.75, 3.05) is 18.4 Å². The molecule has 2 amide bonds. The minimum Gasteiger partial charge on any atom is -0.356 e. The first kappa shape index (κ1) is 22.6. The van der Waals surface area contributed by atoms with Gasteiger partial charge in [0.25, 0.3) is 0 Å². The molecule has 7 heteroatoms. The third kappa shape index (κ3) is 4.64. The number of carbonyl (C=O) groups is 2. The molecule has 0 radical (unpaired) electrons. The minimum atomic E-state index is -0.894. The van der Waals surface area contributed by atoms with E-state index in [0.717, 1.165) is 23.2 Å². The number of nitrogens with one attached hydrogen (secondary N) is 2. The van der Waals surface area contributed by atoms with Gasteiger partial charge in [-0.15, -0.1) is 0 Å². The summed E-state index contributed by atoms with van der Waals surface area (Å²) in [6.07, 6.45) is 1.21. The van der Waals surface area contributed by atoms with Gasteiger partial charge in [0.05, 0.1) is 0 Å². The van der Waals surface area contributed by atoms with Gasteiger partial charge in [0.2, 0.25) is 11.8 Å². The van der Waals surface area contributed by atoms with Crippen LogP contribution in [0.4, 0.5) is 5.69 Å². The van der Waals surface area contributed by atoms with E-state index in [1.807, 2.05) is 36.4 Å². The average Bonchev–Trinajstić information content (AvgIpc) is 2.92. The Kier molecular flexibility index (Phi) is 7.06. The summed E-state index contributed by atoms with van der Waals surface area (Å²) in [5.74, 6) is -0.133. The number of benzene rings is 2. The van der Waals surface area contributed by atoms with Crippen LogP contribution >= 0.6 is 23.2 Å². The third-order valence-electron chi connectivity index (χ3n) is 5.46. The summed E-state index contributed by atoms with van der Waals surface area (Å²) in [6, 6.07) is 13.3. The Bertz CT molecular complexity index is 948. The van der Waals surface area contributed by atoms with Gasteiger partial charge in [-0.3, -0.25) is 14.5 Å². The van der Waals surface area contributed by atoms with Gasteiger partial charge in [-0.2, -0.15) is 0 Å². The molecule has 0 spiro atoms. The lowest BCUT2D eigenvalue weighted by Crippen LogP contribution is -2.56. The molecule has 3 rings (SSSR count). The largest absolute Gasteiger partial charge is 0.356 e. The Morgan fingerprint density at radius 2 is 1.90 bits per heavy atom. The van der Waals surface area contributed by atoms with Crippen LogP contribution in [0.1, 0.15) is 38.3 Å². The predicted octanol–water partition coefficient (Wildman–Crippen LogP) is 4.62. The summed E-state index contributed by atoms with van der Waals surface area (Å²) in [4.78, 5) is 27.0. The third-order valence-corrected chi connectivity index (χ3v) is 5.93. The SMILES string of the molecule is CC(=O)NCCCN(C(C)C)C1(Cc2cccc(Cl)c2)C(=O)Nc2cc(Cl)ccc21. The molecule has 30 heavy (non-hydrogen) atoms. The Morgan fingerprint density at radius 1 is 1.17 bits per heavy atom. The second-order valence-electron chi connectivity index (χ2n) is 7.93. The maximum atomic E-state index is 13.5. The van der Waals surface area contributed by atoms with Crippen molar-refractivity contribution in [3.8, 4) is 0 Å². The van der Waals surface area contributed by atoms with Gasteiger partial charge in [-0.05, 0) is 50.1 Å². The molecule has 0 aromatic heterocycles. The van der Waals surface area contributed by atoms with Crippen LogP contribution in [0.15, 0.2) is 42.5 Å². The lowest BCUT2D eigenvalue weighted by atomic mass is 9.82. The van der Waals surface area contributed by atoms with Gasteiger partial charge in [0.1, 0.15) is 5.54 Å². The molecule has 1 heterocycles. The van der Waals surface area contributed by atoms with Crippen molar-refractivity contribution in [1.29, 1.82) is 0 Å². The molecule has 0 saturated carbocycles. The summed E-state index contributed by atoms with van der Waals surface area (Å²) >= 11 is 12.4. The second-order valence-corrected chi connectivity index (χ2v) is 8.81. The zero-order valence-electron chi connectivity index (χ0n) is 17.5. The highest BCUT2D eigenvalue weighted by atomic mass is 35.5. The van der Waals surface area contributed by atoms with Crippen molar-refractivity contribution in [2.24, 2.45) is 0 Å². The maximum Gasteiger partial charge on any atom is 0.249 e. The van der Waals surface area contributed by atoms with Gasteiger partial charge in [0.15, 0.2) is 0 Å². The summed E-state index contributed by atoms with van der Waals surface area (Å²) in [5.41, 5.74) is 1.73. The van der Waals surface area contributed by atoms with Gasteiger partial charge in [-0.25, -0.2) is 0 Å². The maximum absolute atomic E-state index is 13.5. The van der Waals surface area contributed by atoms with E-state index in [1.165, 1.54) is 6.92 Å². The number of carbonyl (C=O) groups excluding carboxylic acids is 2. The van der Waals surface area contributed by atoms with Crippen LogP contribution in [0.3, 0.4) is 0 Å². The molecule has 0 saturated heterocycles. The highest BCUT2D eigenvalue weighted by Gasteiger charge is 2.51. The molecule has 2 N–H and O–H groups in total. The normalized spacial score (nSPS) is 17.9. The summed E-state index contributed by atoms with van der Waals surface area (Å²) in [6.45, 7) is 6.87. The van der Waals surface area contributed by atoms with E-state index in [9.17, 15) is 9.59 Å². The van der Waals surface area contributed by atoms with Crippen LogP contribution in [-0.4, -0.2) is 35.8 Å². The zero-order valence-corrected chi connectivity index (χ0v) is 19.0. The fraction of sp³-hybridized carbons (Fsp3) is 0.391. The molecule has 0 aliphatic carbocycles. The lowest BCUT2D eigenvalue weighted by molar-refractivity contribution is -0.129. The van der Waals surface area contributed by atoms with Crippen LogP contribution in [-0.2, 0) is 21.5 Å². The van der Waals surface area contributed by atoms with Gasteiger partial charge >= 0.3 is 0 Å². The minimum absolute atomic E-state index is 0.0571.